The molecule has 3 atom stereocenters. The molecule has 36 heavy (non-hydrogen) atoms. The van der Waals surface area contributed by atoms with Gasteiger partial charge in [-0.1, -0.05) is 98.3 Å². The van der Waals surface area contributed by atoms with Gasteiger partial charge >= 0.3 is 0 Å². The van der Waals surface area contributed by atoms with Gasteiger partial charge in [-0.25, -0.2) is 0 Å². The highest BCUT2D eigenvalue weighted by atomic mass is 16.1. The molecule has 0 fully saturated rings. The monoisotopic (exact) mass is 502 g/mol. The van der Waals surface area contributed by atoms with Gasteiger partial charge in [0, 0.05) is 18.8 Å². The lowest BCUT2D eigenvalue weighted by Gasteiger charge is -2.30. The van der Waals surface area contributed by atoms with Crippen molar-refractivity contribution in [2.24, 2.45) is 23.2 Å². The molecule has 0 aliphatic heterocycles. The third-order valence-corrected chi connectivity index (χ3v) is 7.18. The highest BCUT2D eigenvalue weighted by Crippen LogP contribution is 2.37. The van der Waals surface area contributed by atoms with E-state index in [-0.39, 0.29) is 35.2 Å². The SMILES string of the molecule is CCC.CCC/C1=C/C(C(C)(C)C)=C(/C)CC(=O)CC(CC(CCC)C(CC)C(=O)CC(C)=O)CC1. The summed E-state index contributed by atoms with van der Waals surface area (Å²) in [5.41, 5.74) is 4.05. The molecule has 0 aromatic rings. The number of rotatable bonds is 11. The summed E-state index contributed by atoms with van der Waals surface area (Å²) in [4.78, 5) is 37.5. The zero-order valence-electron chi connectivity index (χ0n) is 25.5. The first-order valence-corrected chi connectivity index (χ1v) is 14.8. The Morgan fingerprint density at radius 3 is 2.14 bits per heavy atom. The Morgan fingerprint density at radius 2 is 1.67 bits per heavy atom. The van der Waals surface area contributed by atoms with Crippen molar-refractivity contribution >= 4 is 17.3 Å². The fourth-order valence-corrected chi connectivity index (χ4v) is 5.73. The van der Waals surface area contributed by atoms with Crippen LogP contribution in [-0.4, -0.2) is 17.3 Å². The average molecular weight is 503 g/mol. The Kier molecular flexibility index (Phi) is 17.1. The number of hydrogen-bond acceptors (Lipinski definition) is 3. The minimum absolute atomic E-state index is 0.0274. The van der Waals surface area contributed by atoms with Gasteiger partial charge in [-0.3, -0.25) is 14.4 Å². The quantitative estimate of drug-likeness (QED) is 0.264. The fraction of sp³-hybridized carbons (Fsp3) is 0.788. The van der Waals surface area contributed by atoms with Crippen molar-refractivity contribution in [2.45, 2.75) is 146 Å². The van der Waals surface area contributed by atoms with E-state index in [1.165, 1.54) is 30.1 Å². The second-order valence-corrected chi connectivity index (χ2v) is 12.2. The van der Waals surface area contributed by atoms with Crippen molar-refractivity contribution in [2.75, 3.05) is 0 Å². The molecule has 0 spiro atoms. The summed E-state index contributed by atoms with van der Waals surface area (Å²) in [6.07, 6.45) is 12.8. The highest BCUT2D eigenvalue weighted by Gasteiger charge is 2.30. The van der Waals surface area contributed by atoms with Gasteiger partial charge in [-0.2, -0.15) is 0 Å². The minimum Gasteiger partial charge on any atom is -0.300 e. The third kappa shape index (κ3) is 13.2. The molecule has 0 saturated carbocycles. The number of ketones is 3. The van der Waals surface area contributed by atoms with Gasteiger partial charge in [-0.05, 0) is 68.8 Å². The van der Waals surface area contributed by atoms with Crippen molar-refractivity contribution in [3.05, 3.63) is 22.8 Å². The van der Waals surface area contributed by atoms with Crippen LogP contribution in [0.25, 0.3) is 0 Å². The summed E-state index contributed by atoms with van der Waals surface area (Å²) in [5, 5.41) is 0. The summed E-state index contributed by atoms with van der Waals surface area (Å²) < 4.78 is 0. The molecule has 0 radical (unpaired) electrons. The number of hydrogen-bond donors (Lipinski definition) is 0. The Labute approximate surface area is 224 Å². The molecule has 0 saturated heterocycles. The van der Waals surface area contributed by atoms with Crippen LogP contribution in [0, 0.1) is 23.2 Å². The van der Waals surface area contributed by atoms with Crippen LogP contribution in [-0.2, 0) is 14.4 Å². The molecular formula is C33H58O3. The predicted octanol–water partition coefficient (Wildman–Crippen LogP) is 9.63. The first kappa shape index (κ1) is 34.5. The molecule has 1 rings (SSSR count). The van der Waals surface area contributed by atoms with Gasteiger partial charge in [-0.15, -0.1) is 0 Å². The largest absolute Gasteiger partial charge is 0.300 e. The van der Waals surface area contributed by atoms with Gasteiger partial charge in [0.2, 0.25) is 0 Å². The van der Waals surface area contributed by atoms with Crippen LogP contribution in [0.5, 0.6) is 0 Å². The van der Waals surface area contributed by atoms with E-state index in [2.05, 4.69) is 68.4 Å². The summed E-state index contributed by atoms with van der Waals surface area (Å²) in [5.74, 6) is 0.859. The molecule has 208 valence electrons. The van der Waals surface area contributed by atoms with Crippen LogP contribution in [0.4, 0.5) is 0 Å². The molecule has 0 bridgehead atoms. The number of carbonyl (C=O) groups is 3. The van der Waals surface area contributed by atoms with Crippen molar-refractivity contribution in [1.82, 2.24) is 0 Å². The maximum atomic E-state index is 13.1. The minimum atomic E-state index is -0.0702. The zero-order chi connectivity index (χ0) is 27.9. The molecule has 1 aliphatic rings. The van der Waals surface area contributed by atoms with Crippen LogP contribution in [0.15, 0.2) is 22.8 Å². The third-order valence-electron chi connectivity index (χ3n) is 7.18. The Bertz CT molecular complexity index is 747. The standard InChI is InChI=1S/C30H50O3.C3H8/c1-9-12-23-14-15-24(19-26(32)16-21(4)28(20-23)30(6,7)8)18-25(13-10-2)27(11-3)29(33)17-22(5)31;1-3-2/h20,24-25,27H,9-19H2,1-8H3;3H2,1-2H3/b23-20-,28-21+;. The van der Waals surface area contributed by atoms with E-state index < -0.39 is 0 Å². The summed E-state index contributed by atoms with van der Waals surface area (Å²) >= 11 is 0. The first-order chi connectivity index (χ1) is 16.8. The van der Waals surface area contributed by atoms with Crippen molar-refractivity contribution < 1.29 is 14.4 Å². The second kappa shape index (κ2) is 17.9. The van der Waals surface area contributed by atoms with Crippen LogP contribution in [0.2, 0.25) is 0 Å². The van der Waals surface area contributed by atoms with E-state index >= 15 is 0 Å². The molecule has 3 heteroatoms. The highest BCUT2D eigenvalue weighted by molar-refractivity contribution is 5.99. The van der Waals surface area contributed by atoms with Crippen LogP contribution < -0.4 is 0 Å². The van der Waals surface area contributed by atoms with Gasteiger partial charge in [0.15, 0.2) is 0 Å². The van der Waals surface area contributed by atoms with E-state index in [4.69, 9.17) is 0 Å². The van der Waals surface area contributed by atoms with Crippen LogP contribution in [0.1, 0.15) is 146 Å². The molecule has 0 heterocycles. The molecular weight excluding hydrogens is 444 g/mol. The first-order valence-electron chi connectivity index (χ1n) is 14.8. The fourth-order valence-electron chi connectivity index (χ4n) is 5.73. The van der Waals surface area contributed by atoms with E-state index in [0.29, 0.717) is 24.5 Å². The predicted molar refractivity (Wildman–Crippen MR) is 155 cm³/mol. The lowest BCUT2D eigenvalue weighted by atomic mass is 9.74. The number of allylic oxidation sites excluding steroid dienone is 4. The Balaban J connectivity index is 0.00000387. The van der Waals surface area contributed by atoms with E-state index in [0.717, 1.165) is 51.4 Å². The average Bonchev–Trinajstić information content (AvgIpc) is 2.74. The molecule has 1 aliphatic carbocycles. The number of carbonyl (C=O) groups excluding carboxylic acids is 3. The van der Waals surface area contributed by atoms with Crippen LogP contribution in [0.3, 0.4) is 0 Å². The normalized spacial score (nSPS) is 22.6. The Morgan fingerprint density at radius 1 is 1.06 bits per heavy atom. The van der Waals surface area contributed by atoms with Crippen molar-refractivity contribution in [1.29, 1.82) is 0 Å². The lowest BCUT2D eigenvalue weighted by molar-refractivity contribution is -0.129. The molecule has 0 aromatic carbocycles. The number of Topliss-reactive ketones (excluding diaryl/α,β-unsaturated/α-hetero) is 3. The molecule has 0 amide bonds. The molecule has 0 N–H and O–H groups in total. The smallest absolute Gasteiger partial charge is 0.143 e. The summed E-state index contributed by atoms with van der Waals surface area (Å²) in [6, 6.07) is 0. The Hall–Kier alpha value is -1.51. The van der Waals surface area contributed by atoms with Gasteiger partial charge in [0.1, 0.15) is 17.3 Å². The van der Waals surface area contributed by atoms with E-state index in [1.54, 1.807) is 0 Å². The van der Waals surface area contributed by atoms with Gasteiger partial charge in [0.05, 0.1) is 6.42 Å². The van der Waals surface area contributed by atoms with Crippen molar-refractivity contribution in [3.8, 4) is 0 Å². The maximum Gasteiger partial charge on any atom is 0.143 e. The molecule has 3 nitrogen and oxygen atoms in total. The van der Waals surface area contributed by atoms with Gasteiger partial charge in [0.25, 0.3) is 0 Å². The van der Waals surface area contributed by atoms with Crippen molar-refractivity contribution in [3.63, 3.8) is 0 Å². The topological polar surface area (TPSA) is 51.2 Å². The lowest BCUT2D eigenvalue weighted by Crippen LogP contribution is -2.27. The summed E-state index contributed by atoms with van der Waals surface area (Å²) in [7, 11) is 0. The van der Waals surface area contributed by atoms with Gasteiger partial charge < -0.3 is 0 Å². The molecule has 3 unspecified atom stereocenters. The molecule has 0 aromatic heterocycles. The van der Waals surface area contributed by atoms with Crippen LogP contribution >= 0.6 is 0 Å². The zero-order valence-corrected chi connectivity index (χ0v) is 25.5. The second-order valence-electron chi connectivity index (χ2n) is 12.2. The van der Waals surface area contributed by atoms with E-state index in [1.807, 2.05) is 0 Å². The maximum absolute atomic E-state index is 13.1. The summed E-state index contributed by atoms with van der Waals surface area (Å²) in [6.45, 7) is 21.1. The van der Waals surface area contributed by atoms with E-state index in [9.17, 15) is 14.4 Å².